The lowest BCUT2D eigenvalue weighted by Crippen LogP contribution is -2.19. The first-order chi connectivity index (χ1) is 8.27. The lowest BCUT2D eigenvalue weighted by molar-refractivity contribution is 0.340. The lowest BCUT2D eigenvalue weighted by atomic mass is 10.1. The molecule has 0 radical (unpaired) electrons. The number of hydrogen-bond donors (Lipinski definition) is 1. The number of rotatable bonds is 7. The van der Waals surface area contributed by atoms with E-state index in [1.807, 2.05) is 19.1 Å². The minimum Gasteiger partial charge on any atom is -0.494 e. The zero-order valence-corrected chi connectivity index (χ0v) is 10.7. The average Bonchev–Trinajstić information content (AvgIpc) is 2.36. The Balaban J connectivity index is 2.40. The fraction of sp³-hybridized carbons (Fsp3) is 0.467. The van der Waals surface area contributed by atoms with Gasteiger partial charge in [-0.05, 0) is 44.5 Å². The van der Waals surface area contributed by atoms with Crippen LogP contribution >= 0.6 is 0 Å². The molecule has 0 aliphatic carbocycles. The molecule has 0 spiro atoms. The number of hydrogen-bond acceptors (Lipinski definition) is 2. The van der Waals surface area contributed by atoms with Crippen LogP contribution in [0.25, 0.3) is 0 Å². The first-order valence-electron chi connectivity index (χ1n) is 6.17. The van der Waals surface area contributed by atoms with Crippen molar-refractivity contribution in [3.05, 3.63) is 29.8 Å². The van der Waals surface area contributed by atoms with Gasteiger partial charge in [0.15, 0.2) is 0 Å². The fourth-order valence-corrected chi connectivity index (χ4v) is 1.65. The van der Waals surface area contributed by atoms with Crippen LogP contribution in [0.4, 0.5) is 0 Å². The third-order valence-corrected chi connectivity index (χ3v) is 2.64. The predicted molar refractivity (Wildman–Crippen MR) is 72.1 cm³/mol. The summed E-state index contributed by atoms with van der Waals surface area (Å²) in [7, 11) is 0. The van der Waals surface area contributed by atoms with Gasteiger partial charge in [-0.25, -0.2) is 0 Å². The van der Waals surface area contributed by atoms with E-state index >= 15 is 0 Å². The van der Waals surface area contributed by atoms with Gasteiger partial charge in [0.2, 0.25) is 0 Å². The van der Waals surface area contributed by atoms with Crippen molar-refractivity contribution in [1.29, 1.82) is 0 Å². The van der Waals surface area contributed by atoms with E-state index in [-0.39, 0.29) is 0 Å². The zero-order chi connectivity index (χ0) is 12.5. The van der Waals surface area contributed by atoms with E-state index in [1.54, 1.807) is 0 Å². The van der Waals surface area contributed by atoms with E-state index in [0.717, 1.165) is 25.1 Å². The monoisotopic (exact) mass is 231 g/mol. The number of nitrogens with one attached hydrogen (secondary N) is 1. The van der Waals surface area contributed by atoms with Gasteiger partial charge < -0.3 is 10.1 Å². The normalized spacial score (nSPS) is 11.8. The van der Waals surface area contributed by atoms with Crippen LogP contribution in [-0.4, -0.2) is 13.2 Å². The van der Waals surface area contributed by atoms with Crippen molar-refractivity contribution in [3.8, 4) is 18.1 Å². The van der Waals surface area contributed by atoms with Gasteiger partial charge in [-0.1, -0.05) is 12.1 Å². The van der Waals surface area contributed by atoms with Crippen LogP contribution in [0, 0.1) is 12.3 Å². The number of ether oxygens (including phenoxy) is 1. The lowest BCUT2D eigenvalue weighted by Gasteiger charge is -2.14. The highest BCUT2D eigenvalue weighted by Gasteiger charge is 2.03. The van der Waals surface area contributed by atoms with Crippen molar-refractivity contribution in [2.24, 2.45) is 0 Å². The molecular weight excluding hydrogens is 210 g/mol. The third-order valence-electron chi connectivity index (χ3n) is 2.64. The smallest absolute Gasteiger partial charge is 0.119 e. The maximum absolute atomic E-state index is 5.41. The Morgan fingerprint density at radius 1 is 1.35 bits per heavy atom. The summed E-state index contributed by atoms with van der Waals surface area (Å²) >= 11 is 0. The van der Waals surface area contributed by atoms with E-state index in [4.69, 9.17) is 11.2 Å². The molecular formula is C15H21NO. The molecule has 1 rings (SSSR count). The topological polar surface area (TPSA) is 21.3 Å². The highest BCUT2D eigenvalue weighted by Crippen LogP contribution is 2.17. The van der Waals surface area contributed by atoms with Crippen LogP contribution < -0.4 is 10.1 Å². The third kappa shape index (κ3) is 4.93. The van der Waals surface area contributed by atoms with Crippen molar-refractivity contribution >= 4 is 0 Å². The Bertz CT molecular complexity index is 350. The van der Waals surface area contributed by atoms with Crippen molar-refractivity contribution < 1.29 is 4.74 Å². The van der Waals surface area contributed by atoms with Gasteiger partial charge in [-0.3, -0.25) is 0 Å². The molecule has 0 amide bonds. The molecule has 1 aromatic carbocycles. The van der Waals surface area contributed by atoms with Gasteiger partial charge in [0, 0.05) is 12.5 Å². The molecule has 2 nitrogen and oxygen atoms in total. The molecule has 1 atom stereocenters. The predicted octanol–water partition coefficient (Wildman–Crippen LogP) is 3.15. The Hall–Kier alpha value is -1.46. The average molecular weight is 231 g/mol. The summed E-state index contributed by atoms with van der Waals surface area (Å²) in [5.41, 5.74) is 1.27. The maximum atomic E-state index is 5.41. The molecule has 0 aromatic heterocycles. The summed E-state index contributed by atoms with van der Waals surface area (Å²) in [5, 5.41) is 3.45. The minimum atomic E-state index is 0.350. The van der Waals surface area contributed by atoms with Gasteiger partial charge in [-0.2, -0.15) is 0 Å². The first-order valence-corrected chi connectivity index (χ1v) is 6.17. The molecule has 0 saturated carbocycles. The summed E-state index contributed by atoms with van der Waals surface area (Å²) in [5.74, 6) is 3.57. The second-order valence-corrected chi connectivity index (χ2v) is 3.99. The number of terminal acetylenes is 1. The molecule has 2 heteroatoms. The Kier molecular flexibility index (Phi) is 6.21. The van der Waals surface area contributed by atoms with Gasteiger partial charge >= 0.3 is 0 Å². The van der Waals surface area contributed by atoms with Crippen LogP contribution in [0.3, 0.4) is 0 Å². The van der Waals surface area contributed by atoms with Crippen molar-refractivity contribution in [3.63, 3.8) is 0 Å². The van der Waals surface area contributed by atoms with E-state index in [1.165, 1.54) is 5.56 Å². The summed E-state index contributed by atoms with van der Waals surface area (Å²) in [6, 6.07) is 8.58. The van der Waals surface area contributed by atoms with Crippen LogP contribution in [0.15, 0.2) is 24.3 Å². The summed E-state index contributed by atoms with van der Waals surface area (Å²) in [4.78, 5) is 0. The van der Waals surface area contributed by atoms with Crippen molar-refractivity contribution in [1.82, 2.24) is 5.32 Å². The molecule has 17 heavy (non-hydrogen) atoms. The van der Waals surface area contributed by atoms with E-state index in [9.17, 15) is 0 Å². The van der Waals surface area contributed by atoms with Crippen molar-refractivity contribution in [2.45, 2.75) is 32.7 Å². The Morgan fingerprint density at radius 2 is 2.06 bits per heavy atom. The standard InChI is InChI=1S/C15H21NO/c1-4-6-7-12-16-13(3)14-8-10-15(11-9-14)17-5-2/h1,8-11,13,16H,5-7,12H2,2-3H3. The van der Waals surface area contributed by atoms with E-state index in [2.05, 4.69) is 30.3 Å². The Labute approximate surface area is 104 Å². The molecule has 0 bridgehead atoms. The molecule has 0 aliphatic heterocycles. The maximum Gasteiger partial charge on any atom is 0.119 e. The summed E-state index contributed by atoms with van der Waals surface area (Å²) in [6.45, 7) is 5.81. The van der Waals surface area contributed by atoms with Gasteiger partial charge in [0.25, 0.3) is 0 Å². The van der Waals surface area contributed by atoms with Crippen LogP contribution in [-0.2, 0) is 0 Å². The zero-order valence-electron chi connectivity index (χ0n) is 10.7. The largest absolute Gasteiger partial charge is 0.494 e. The SMILES string of the molecule is C#CCCCNC(C)c1ccc(OCC)cc1. The first kappa shape index (κ1) is 13.6. The quantitative estimate of drug-likeness (QED) is 0.575. The van der Waals surface area contributed by atoms with Crippen LogP contribution in [0.1, 0.15) is 38.3 Å². The van der Waals surface area contributed by atoms with E-state index < -0.39 is 0 Å². The Morgan fingerprint density at radius 3 is 2.65 bits per heavy atom. The highest BCUT2D eigenvalue weighted by molar-refractivity contribution is 5.28. The molecule has 1 unspecified atom stereocenters. The molecule has 92 valence electrons. The summed E-state index contributed by atoms with van der Waals surface area (Å²) < 4.78 is 5.41. The van der Waals surface area contributed by atoms with Crippen molar-refractivity contribution in [2.75, 3.05) is 13.2 Å². The molecule has 1 N–H and O–H groups in total. The minimum absolute atomic E-state index is 0.350. The second-order valence-electron chi connectivity index (χ2n) is 3.99. The number of unbranched alkanes of at least 4 members (excludes halogenated alkanes) is 1. The number of benzene rings is 1. The molecule has 0 heterocycles. The summed E-state index contributed by atoms with van der Waals surface area (Å²) in [6.07, 6.45) is 7.07. The van der Waals surface area contributed by atoms with Gasteiger partial charge in [-0.15, -0.1) is 12.3 Å². The molecule has 1 aromatic rings. The second kappa shape index (κ2) is 7.76. The van der Waals surface area contributed by atoms with Gasteiger partial charge in [0.1, 0.15) is 5.75 Å². The fourth-order valence-electron chi connectivity index (χ4n) is 1.65. The van der Waals surface area contributed by atoms with Gasteiger partial charge in [0.05, 0.1) is 6.61 Å². The molecule has 0 saturated heterocycles. The van der Waals surface area contributed by atoms with Crippen LogP contribution in [0.5, 0.6) is 5.75 Å². The highest BCUT2D eigenvalue weighted by atomic mass is 16.5. The van der Waals surface area contributed by atoms with E-state index in [0.29, 0.717) is 12.6 Å². The molecule has 0 fully saturated rings. The molecule has 0 aliphatic rings. The van der Waals surface area contributed by atoms with Crippen LogP contribution in [0.2, 0.25) is 0 Å².